The first-order chi connectivity index (χ1) is 22.0. The minimum absolute atomic E-state index is 0.0114. The smallest absolute Gasteiger partial charge is 0.185 e. The average Bonchev–Trinajstić information content (AvgIpc) is 3.56. The molecule has 1 spiro atoms. The van der Waals surface area contributed by atoms with Crippen molar-refractivity contribution in [2.45, 2.75) is 148 Å². The van der Waals surface area contributed by atoms with Crippen LogP contribution in [-0.2, 0) is 4.79 Å². The number of allylic oxidation sites excluding steroid dienone is 2. The van der Waals surface area contributed by atoms with Crippen molar-refractivity contribution in [1.29, 1.82) is 0 Å². The molecule has 47 heavy (non-hydrogen) atoms. The van der Waals surface area contributed by atoms with E-state index in [1.54, 1.807) is 11.6 Å². The Morgan fingerprint density at radius 2 is 1.70 bits per heavy atom. The number of hydrogen-bond acceptors (Lipinski definition) is 6. The monoisotopic (exact) mass is 653 g/mol. The van der Waals surface area contributed by atoms with Crippen molar-refractivity contribution in [3.8, 4) is 0 Å². The predicted molar refractivity (Wildman–Crippen MR) is 185 cm³/mol. The van der Waals surface area contributed by atoms with Crippen LogP contribution in [0.15, 0.2) is 27.8 Å². The van der Waals surface area contributed by atoms with Crippen molar-refractivity contribution in [1.82, 2.24) is 0 Å². The van der Waals surface area contributed by atoms with Gasteiger partial charge in [0.2, 0.25) is 0 Å². The summed E-state index contributed by atoms with van der Waals surface area (Å²) >= 11 is 0. The molecule has 0 aromatic heterocycles. The van der Waals surface area contributed by atoms with Crippen molar-refractivity contribution >= 4 is 11.7 Å². The standard InChI is InChI=1S/C39H63N3O5/c1-22(2)26(24-9-8-13-38(19-24)11-6-7-12-38)15-30(43)23(3)27-10-14-39(47)29-17-31(44)28-16-32(45)33(46)20-36(28,4)34(29)25(18-37(27,39)5)21-42-35(40)41/h17,22-23,25,27-28,30,32-34,43,45-47H,6-16,18-21H2,1-5H3,(H4,40,41,42). The summed E-state index contributed by atoms with van der Waals surface area (Å²) in [6, 6.07) is 0. The van der Waals surface area contributed by atoms with Crippen LogP contribution in [0.2, 0.25) is 0 Å². The largest absolute Gasteiger partial charge is 0.393 e. The Bertz CT molecular complexity index is 1310. The Kier molecular flexibility index (Phi) is 9.37. The van der Waals surface area contributed by atoms with Crippen molar-refractivity contribution in [2.75, 3.05) is 6.54 Å². The second kappa shape index (κ2) is 12.5. The highest BCUT2D eigenvalue weighted by Gasteiger charge is 2.69. The Hall–Kier alpha value is -1.74. The lowest BCUT2D eigenvalue weighted by Crippen LogP contribution is -2.64. The molecule has 5 fully saturated rings. The van der Waals surface area contributed by atoms with E-state index in [0.717, 1.165) is 18.4 Å². The third-order valence-corrected chi connectivity index (χ3v) is 15.0. The van der Waals surface area contributed by atoms with E-state index in [0.29, 0.717) is 37.1 Å². The number of hydrogen-bond donors (Lipinski definition) is 6. The number of ketones is 1. The van der Waals surface area contributed by atoms with Crippen LogP contribution >= 0.6 is 0 Å². The van der Waals surface area contributed by atoms with Crippen molar-refractivity contribution < 1.29 is 25.2 Å². The fourth-order valence-corrected chi connectivity index (χ4v) is 12.6. The Morgan fingerprint density at radius 1 is 1.02 bits per heavy atom. The fourth-order valence-electron chi connectivity index (χ4n) is 12.6. The summed E-state index contributed by atoms with van der Waals surface area (Å²) in [6.07, 6.45) is 12.7. The quantitative estimate of drug-likeness (QED) is 0.126. The number of carbonyl (C=O) groups excluding carboxylic acids is 1. The molecular weight excluding hydrogens is 590 g/mol. The van der Waals surface area contributed by atoms with Gasteiger partial charge in [0.15, 0.2) is 11.7 Å². The maximum atomic E-state index is 13.8. The first-order valence-electron chi connectivity index (χ1n) is 18.8. The molecule has 8 nitrogen and oxygen atoms in total. The molecule has 5 saturated carbocycles. The first-order valence-corrected chi connectivity index (χ1v) is 18.8. The number of carbonyl (C=O) groups is 1. The number of nitrogens with zero attached hydrogens (tertiary/aromatic N) is 1. The third kappa shape index (κ3) is 5.75. The molecule has 6 rings (SSSR count). The molecule has 0 aromatic rings. The summed E-state index contributed by atoms with van der Waals surface area (Å²) < 4.78 is 0. The van der Waals surface area contributed by atoms with E-state index >= 15 is 0 Å². The van der Waals surface area contributed by atoms with Crippen molar-refractivity contribution in [3.63, 3.8) is 0 Å². The average molecular weight is 654 g/mol. The van der Waals surface area contributed by atoms with Crippen molar-refractivity contribution in [2.24, 2.45) is 68.2 Å². The number of nitrogens with two attached hydrogens (primary N) is 2. The van der Waals surface area contributed by atoms with Gasteiger partial charge < -0.3 is 31.9 Å². The van der Waals surface area contributed by atoms with E-state index in [2.05, 4.69) is 39.6 Å². The summed E-state index contributed by atoms with van der Waals surface area (Å²) in [7, 11) is 0. The van der Waals surface area contributed by atoms with Gasteiger partial charge in [-0.15, -0.1) is 0 Å². The minimum atomic E-state index is -1.22. The van der Waals surface area contributed by atoms with Crippen LogP contribution < -0.4 is 11.5 Å². The SMILES string of the molecule is CC(C)C(CC(O)C(C)C1CCC2(O)C3=CC(=O)C4CC(O)C(O)CC4(C)C3C(CN=C(N)N)CC12C)=C1CCCC2(CCCC2)C1. The Labute approximate surface area is 282 Å². The molecule has 0 heterocycles. The van der Waals surface area contributed by atoms with E-state index in [1.165, 1.54) is 50.5 Å². The summed E-state index contributed by atoms with van der Waals surface area (Å²) in [6.45, 7) is 11.3. The second-order valence-corrected chi connectivity index (χ2v) is 17.9. The minimum Gasteiger partial charge on any atom is -0.393 e. The van der Waals surface area contributed by atoms with Crippen LogP contribution in [0.25, 0.3) is 0 Å². The molecule has 0 bridgehead atoms. The van der Waals surface area contributed by atoms with Crippen LogP contribution in [0.5, 0.6) is 0 Å². The molecule has 0 saturated heterocycles. The van der Waals surface area contributed by atoms with E-state index in [9.17, 15) is 25.2 Å². The van der Waals surface area contributed by atoms with Crippen LogP contribution in [-0.4, -0.2) is 62.6 Å². The van der Waals surface area contributed by atoms with Gasteiger partial charge in [0.25, 0.3) is 0 Å². The van der Waals surface area contributed by atoms with Crippen LogP contribution in [0.1, 0.15) is 125 Å². The van der Waals surface area contributed by atoms with Crippen LogP contribution in [0.3, 0.4) is 0 Å². The van der Waals surface area contributed by atoms with E-state index in [-0.39, 0.29) is 48.3 Å². The lowest BCUT2D eigenvalue weighted by Gasteiger charge is -2.62. The summed E-state index contributed by atoms with van der Waals surface area (Å²) in [4.78, 5) is 18.3. The molecule has 0 aliphatic heterocycles. The zero-order valence-corrected chi connectivity index (χ0v) is 29.7. The number of aliphatic imine (C=N–C) groups is 1. The number of fused-ring (bicyclic) bond motifs is 5. The van der Waals surface area contributed by atoms with Crippen molar-refractivity contribution in [3.05, 3.63) is 22.8 Å². The molecule has 6 aliphatic carbocycles. The number of aliphatic hydroxyl groups excluding tert-OH is 3. The van der Waals surface area contributed by atoms with E-state index in [1.807, 2.05) is 0 Å². The topological polar surface area (TPSA) is 162 Å². The number of guanidine groups is 1. The van der Waals surface area contributed by atoms with Gasteiger partial charge in [-0.3, -0.25) is 9.79 Å². The maximum Gasteiger partial charge on any atom is 0.185 e. The highest BCUT2D eigenvalue weighted by atomic mass is 16.3. The predicted octanol–water partition coefficient (Wildman–Crippen LogP) is 5.16. The van der Waals surface area contributed by atoms with Gasteiger partial charge in [0.1, 0.15) is 0 Å². The number of rotatable bonds is 7. The summed E-state index contributed by atoms with van der Waals surface area (Å²) in [5.74, 6) is -0.404. The second-order valence-electron chi connectivity index (χ2n) is 17.9. The van der Waals surface area contributed by atoms with E-state index < -0.39 is 40.7 Å². The molecule has 264 valence electrons. The fraction of sp³-hybridized carbons (Fsp3) is 0.846. The third-order valence-electron chi connectivity index (χ3n) is 15.0. The van der Waals surface area contributed by atoms with Gasteiger partial charge in [0.05, 0.1) is 23.9 Å². The molecule has 8 N–H and O–H groups in total. The molecule has 11 unspecified atom stereocenters. The maximum absolute atomic E-state index is 13.8. The van der Waals surface area contributed by atoms with Crippen LogP contribution in [0.4, 0.5) is 0 Å². The zero-order valence-electron chi connectivity index (χ0n) is 29.7. The Balaban J connectivity index is 1.32. The molecule has 0 aromatic carbocycles. The summed E-state index contributed by atoms with van der Waals surface area (Å²) in [5.41, 5.74) is 13.5. The molecule has 0 amide bonds. The Morgan fingerprint density at radius 3 is 2.36 bits per heavy atom. The number of aliphatic hydroxyl groups is 4. The first kappa shape index (κ1) is 35.1. The lowest BCUT2D eigenvalue weighted by molar-refractivity contribution is -0.164. The van der Waals surface area contributed by atoms with Gasteiger partial charge in [-0.05, 0) is 129 Å². The van der Waals surface area contributed by atoms with E-state index in [4.69, 9.17) is 11.5 Å². The highest BCUT2D eigenvalue weighted by molar-refractivity contribution is 5.95. The molecule has 8 heteroatoms. The van der Waals surface area contributed by atoms with Gasteiger partial charge in [0, 0.05) is 17.9 Å². The van der Waals surface area contributed by atoms with Gasteiger partial charge in [-0.25, -0.2) is 0 Å². The molecule has 6 aliphatic rings. The highest BCUT2D eigenvalue weighted by Crippen LogP contribution is 2.69. The van der Waals surface area contributed by atoms with Gasteiger partial charge in [-0.2, -0.15) is 0 Å². The summed E-state index contributed by atoms with van der Waals surface area (Å²) in [5, 5.41) is 46.4. The lowest BCUT2D eigenvalue weighted by atomic mass is 9.43. The zero-order chi connectivity index (χ0) is 34.1. The molecular formula is C39H63N3O5. The van der Waals surface area contributed by atoms with Gasteiger partial charge in [-0.1, -0.05) is 58.6 Å². The van der Waals surface area contributed by atoms with Crippen LogP contribution in [0, 0.1) is 51.8 Å². The molecule has 11 atom stereocenters. The van der Waals surface area contributed by atoms with Gasteiger partial charge >= 0.3 is 0 Å². The normalized spacial score (nSPS) is 43.5. The molecule has 0 radical (unpaired) electrons.